The number of halogens is 2. The van der Waals surface area contributed by atoms with Crippen molar-refractivity contribution >= 4 is 17.4 Å². The molecule has 5 heterocycles. The molecule has 2 aromatic carbocycles. The molecule has 3 aliphatic rings. The Morgan fingerprint density at radius 1 is 1.06 bits per heavy atom. The van der Waals surface area contributed by atoms with E-state index in [1.807, 2.05) is 65.9 Å². The lowest BCUT2D eigenvalue weighted by molar-refractivity contribution is -0.164. The van der Waals surface area contributed by atoms with Crippen molar-refractivity contribution in [2.75, 3.05) is 31.7 Å². The van der Waals surface area contributed by atoms with Gasteiger partial charge in [-0.1, -0.05) is 18.2 Å². The fourth-order valence-corrected chi connectivity index (χ4v) is 7.16. The van der Waals surface area contributed by atoms with Crippen molar-refractivity contribution in [3.8, 4) is 28.1 Å². The first-order valence-corrected chi connectivity index (χ1v) is 17.6. The summed E-state index contributed by atoms with van der Waals surface area (Å²) in [5.74, 6) is -0.879. The number of ether oxygens (including phenoxy) is 4. The Bertz CT molecular complexity index is 1890. The van der Waals surface area contributed by atoms with Crippen LogP contribution < -0.4 is 9.64 Å². The average molecular weight is 690 g/mol. The van der Waals surface area contributed by atoms with Crippen LogP contribution in [0.3, 0.4) is 0 Å². The molecule has 2 atom stereocenters. The lowest BCUT2D eigenvalue weighted by Crippen LogP contribution is -2.45. The van der Waals surface area contributed by atoms with Gasteiger partial charge in [0, 0.05) is 49.2 Å². The number of hydrogen-bond donors (Lipinski definition) is 0. The summed E-state index contributed by atoms with van der Waals surface area (Å²) in [5, 5.41) is 0. The number of methoxy groups -OCH3 is 1. The number of esters is 1. The smallest absolute Gasteiger partial charge is 0.339 e. The molecule has 0 N–H and O–H groups in total. The van der Waals surface area contributed by atoms with Crippen LogP contribution in [0.4, 0.5) is 14.6 Å². The number of nitrogens with zero attached hydrogens (tertiary/aromatic N) is 3. The summed E-state index contributed by atoms with van der Waals surface area (Å²) in [6, 6.07) is 9.57. The zero-order valence-corrected chi connectivity index (χ0v) is 30.5. The molecule has 0 aliphatic carbocycles. The second kappa shape index (κ2) is 13.9. The average Bonchev–Trinajstić information content (AvgIpc) is 3.50. The number of rotatable bonds is 3. The highest BCUT2D eigenvalue weighted by atomic mass is 19.1. The largest absolute Gasteiger partial charge is 0.490 e. The van der Waals surface area contributed by atoms with Gasteiger partial charge >= 0.3 is 5.97 Å². The molecule has 0 spiro atoms. The summed E-state index contributed by atoms with van der Waals surface area (Å²) in [6.45, 7) is 15.9. The number of piperidine rings is 1. The van der Waals surface area contributed by atoms with Crippen molar-refractivity contribution in [3.63, 3.8) is 0 Å². The third-order valence-corrected chi connectivity index (χ3v) is 10.00. The molecule has 1 saturated heterocycles. The molecule has 0 saturated carbocycles. The van der Waals surface area contributed by atoms with E-state index >= 15 is 4.39 Å². The first kappa shape index (κ1) is 35.8. The Morgan fingerprint density at radius 3 is 2.48 bits per heavy atom. The zero-order valence-electron chi connectivity index (χ0n) is 30.5. The molecule has 2 aromatic heterocycles. The summed E-state index contributed by atoms with van der Waals surface area (Å²) >= 11 is 0. The molecule has 1 fully saturated rings. The van der Waals surface area contributed by atoms with E-state index in [0.717, 1.165) is 65.5 Å². The number of hydrogen-bond acceptors (Lipinski definition) is 7. The maximum Gasteiger partial charge on any atom is 0.339 e. The van der Waals surface area contributed by atoms with Gasteiger partial charge in [0.25, 0.3) is 0 Å². The van der Waals surface area contributed by atoms with Crippen LogP contribution in [0.2, 0.25) is 0 Å². The Morgan fingerprint density at radius 2 is 1.78 bits per heavy atom. The number of pyridine rings is 1. The maximum atomic E-state index is 15.6. The van der Waals surface area contributed by atoms with Gasteiger partial charge in [0.2, 0.25) is 0 Å². The number of imidazole rings is 1. The highest BCUT2D eigenvalue weighted by molar-refractivity contribution is 5.82. The molecule has 4 aromatic rings. The van der Waals surface area contributed by atoms with Crippen molar-refractivity contribution in [2.45, 2.75) is 104 Å². The Kier molecular flexibility index (Phi) is 9.98. The minimum absolute atomic E-state index is 0.163. The van der Waals surface area contributed by atoms with Crippen LogP contribution in [0.25, 0.3) is 28.0 Å². The number of fused-ring (bicyclic) bond motifs is 8. The Labute approximate surface area is 293 Å². The lowest BCUT2D eigenvalue weighted by Gasteiger charge is -2.42. The molecular weight excluding hydrogens is 640 g/mol. The van der Waals surface area contributed by atoms with E-state index < -0.39 is 29.3 Å². The van der Waals surface area contributed by atoms with Gasteiger partial charge in [0.05, 0.1) is 35.7 Å². The fraction of sp³-hybridized carbons (Fsp3) is 0.500. The molecule has 0 radical (unpaired) electrons. The van der Waals surface area contributed by atoms with Gasteiger partial charge in [-0.05, 0) is 103 Å². The van der Waals surface area contributed by atoms with Crippen molar-refractivity contribution in [1.29, 1.82) is 0 Å². The summed E-state index contributed by atoms with van der Waals surface area (Å²) in [6.07, 6.45) is 4.71. The van der Waals surface area contributed by atoms with E-state index in [2.05, 4.69) is 16.2 Å². The summed E-state index contributed by atoms with van der Waals surface area (Å²) in [4.78, 5) is 21.0. The first-order valence-electron chi connectivity index (χ1n) is 17.6. The maximum absolute atomic E-state index is 15.6. The third-order valence-electron chi connectivity index (χ3n) is 10.00. The number of aryl methyl sites for hydroxylation is 1. The number of carbonyl (C=O) groups is 1. The van der Waals surface area contributed by atoms with Gasteiger partial charge in [-0.15, -0.1) is 0 Å². The molecule has 7 rings (SSSR count). The van der Waals surface area contributed by atoms with Gasteiger partial charge in [0.1, 0.15) is 28.8 Å². The third kappa shape index (κ3) is 7.23. The van der Waals surface area contributed by atoms with Crippen LogP contribution in [0.5, 0.6) is 5.75 Å². The molecule has 3 aliphatic heterocycles. The molecular formula is C40H49F2N3O5. The van der Waals surface area contributed by atoms with Crippen LogP contribution in [0, 0.1) is 25.5 Å². The molecule has 0 amide bonds. The van der Waals surface area contributed by atoms with Gasteiger partial charge in [-0.3, -0.25) is 4.40 Å². The van der Waals surface area contributed by atoms with E-state index in [1.165, 1.54) is 13.2 Å². The monoisotopic (exact) mass is 689 g/mol. The molecule has 50 heavy (non-hydrogen) atoms. The number of aromatic nitrogens is 2. The van der Waals surface area contributed by atoms with Crippen LogP contribution in [0.15, 0.2) is 42.6 Å². The van der Waals surface area contributed by atoms with Crippen LogP contribution in [-0.4, -0.2) is 59.5 Å². The van der Waals surface area contributed by atoms with E-state index in [-0.39, 0.29) is 23.0 Å². The zero-order chi connectivity index (χ0) is 36.0. The van der Waals surface area contributed by atoms with E-state index in [1.54, 1.807) is 6.07 Å². The topological polar surface area (TPSA) is 74.5 Å². The van der Waals surface area contributed by atoms with Crippen molar-refractivity contribution < 1.29 is 32.5 Å². The molecule has 268 valence electrons. The van der Waals surface area contributed by atoms with Crippen LogP contribution in [-0.2, 0) is 19.0 Å². The highest BCUT2D eigenvalue weighted by Gasteiger charge is 2.38. The predicted molar refractivity (Wildman–Crippen MR) is 191 cm³/mol. The Hall–Kier alpha value is -4.02. The van der Waals surface area contributed by atoms with Crippen LogP contribution in [0.1, 0.15) is 89.5 Å². The lowest BCUT2D eigenvalue weighted by atomic mass is 9.92. The number of carbonyl (C=O) groups excluding carboxylic acids is 1. The van der Waals surface area contributed by atoms with Gasteiger partial charge in [0.15, 0.2) is 6.10 Å². The number of benzene rings is 2. The van der Waals surface area contributed by atoms with Gasteiger partial charge < -0.3 is 23.8 Å². The summed E-state index contributed by atoms with van der Waals surface area (Å²) in [5.41, 5.74) is 4.49. The minimum Gasteiger partial charge on any atom is -0.490 e. The SMILES string of the molecule is COC(=O)[C@@H](OC(C)(C)C)c1c(C)c(C)c2nc3cn2c1N1CCC(C)(CC1)OCCCC[C@H](C)Oc1cc(F)cc(F)c1-c1cccc-3c1. The van der Waals surface area contributed by atoms with E-state index in [0.29, 0.717) is 37.4 Å². The molecule has 0 unspecified atom stereocenters. The van der Waals surface area contributed by atoms with Crippen molar-refractivity contribution in [1.82, 2.24) is 9.38 Å². The molecule has 8 nitrogen and oxygen atoms in total. The fourth-order valence-electron chi connectivity index (χ4n) is 7.16. The van der Waals surface area contributed by atoms with Crippen molar-refractivity contribution in [2.24, 2.45) is 0 Å². The summed E-state index contributed by atoms with van der Waals surface area (Å²) < 4.78 is 56.7. The van der Waals surface area contributed by atoms with Crippen molar-refractivity contribution in [3.05, 3.63) is 70.9 Å². The number of anilines is 1. The van der Waals surface area contributed by atoms with E-state index in [4.69, 9.17) is 23.9 Å². The van der Waals surface area contributed by atoms with Crippen LogP contribution >= 0.6 is 0 Å². The normalized spacial score (nSPS) is 20.8. The van der Waals surface area contributed by atoms with Gasteiger partial charge in [-0.2, -0.15) is 0 Å². The minimum atomic E-state index is -0.982. The molecule has 6 bridgehead atoms. The summed E-state index contributed by atoms with van der Waals surface area (Å²) in [7, 11) is 1.38. The van der Waals surface area contributed by atoms with E-state index in [9.17, 15) is 9.18 Å². The second-order valence-corrected chi connectivity index (χ2v) is 15.0. The quantitative estimate of drug-likeness (QED) is 0.199. The predicted octanol–water partition coefficient (Wildman–Crippen LogP) is 8.92. The standard InChI is InChI=1S/C40H49F2N3O5/c1-24-12-9-10-19-48-40(7)15-17-44(18-16-40)37-33(35(38(46)47-8)50-39(4,5)6)25(2)26(3)36-43-31(23-45(36)37)27-13-11-14-28(20-27)34-30(42)21-29(41)22-32(34)49-24/h11,13-14,20-24,35H,9-10,12,15-19H2,1-8H3/t24-,35-/m0/s1. The highest BCUT2D eigenvalue weighted by Crippen LogP contribution is 2.42. The van der Waals surface area contributed by atoms with Gasteiger partial charge in [-0.25, -0.2) is 18.6 Å². The molecule has 10 heteroatoms. The first-order chi connectivity index (χ1) is 23.7. The Balaban J connectivity index is 1.58. The second-order valence-electron chi connectivity index (χ2n) is 15.0.